The number of amides is 1. The molecule has 30 heavy (non-hydrogen) atoms. The fourth-order valence-electron chi connectivity index (χ4n) is 3.01. The number of carbonyl (C=O) groups excluding carboxylic acids is 1. The molecule has 0 bridgehead atoms. The molecule has 0 saturated carbocycles. The van der Waals surface area contributed by atoms with Gasteiger partial charge in [-0.25, -0.2) is 9.97 Å². The maximum atomic E-state index is 12.7. The number of aromatic nitrogens is 2. The van der Waals surface area contributed by atoms with Crippen molar-refractivity contribution in [2.45, 2.75) is 25.4 Å². The van der Waals surface area contributed by atoms with Gasteiger partial charge in [0.25, 0.3) is 5.91 Å². The third-order valence-corrected chi connectivity index (χ3v) is 4.51. The summed E-state index contributed by atoms with van der Waals surface area (Å²) in [5.41, 5.74) is -0.831. The van der Waals surface area contributed by atoms with Crippen molar-refractivity contribution in [3.8, 4) is 11.6 Å². The summed E-state index contributed by atoms with van der Waals surface area (Å²) in [4.78, 5) is 22.3. The van der Waals surface area contributed by atoms with E-state index < -0.39 is 24.3 Å². The van der Waals surface area contributed by atoms with E-state index in [-0.39, 0.29) is 18.9 Å². The SMILES string of the molecule is O=C(COc1cccc(C(F)(F)F)c1)NCCOc1cc(N2CCCCC2)ncn1. The summed E-state index contributed by atoms with van der Waals surface area (Å²) >= 11 is 0. The second kappa shape index (κ2) is 10.1. The minimum Gasteiger partial charge on any atom is -0.484 e. The van der Waals surface area contributed by atoms with E-state index in [1.807, 2.05) is 0 Å². The summed E-state index contributed by atoms with van der Waals surface area (Å²) in [6.07, 6.45) is 0.473. The third-order valence-electron chi connectivity index (χ3n) is 4.51. The van der Waals surface area contributed by atoms with Crippen LogP contribution in [0.5, 0.6) is 11.6 Å². The number of hydrogen-bond acceptors (Lipinski definition) is 6. The summed E-state index contributed by atoms with van der Waals surface area (Å²) in [7, 11) is 0. The first kappa shape index (κ1) is 21.7. The van der Waals surface area contributed by atoms with Gasteiger partial charge in [-0.2, -0.15) is 13.2 Å². The Labute approximate surface area is 172 Å². The molecule has 1 N–H and O–H groups in total. The van der Waals surface area contributed by atoms with E-state index in [0.717, 1.165) is 43.9 Å². The number of piperidine rings is 1. The van der Waals surface area contributed by atoms with Gasteiger partial charge in [0.1, 0.15) is 24.5 Å². The number of hydrogen-bond donors (Lipinski definition) is 1. The van der Waals surface area contributed by atoms with E-state index >= 15 is 0 Å². The fourth-order valence-corrected chi connectivity index (χ4v) is 3.01. The predicted molar refractivity (Wildman–Crippen MR) is 104 cm³/mol. The lowest BCUT2D eigenvalue weighted by Gasteiger charge is -2.27. The molecule has 0 radical (unpaired) electrons. The zero-order chi connectivity index (χ0) is 21.4. The molecule has 1 amide bonds. The van der Waals surface area contributed by atoms with Crippen LogP contribution in [0.1, 0.15) is 24.8 Å². The first-order valence-corrected chi connectivity index (χ1v) is 9.68. The van der Waals surface area contributed by atoms with Crippen molar-refractivity contribution in [1.29, 1.82) is 0 Å². The predicted octanol–water partition coefficient (Wildman–Crippen LogP) is 3.06. The molecule has 2 aromatic rings. The smallest absolute Gasteiger partial charge is 0.416 e. The van der Waals surface area contributed by atoms with E-state index in [0.29, 0.717) is 5.88 Å². The van der Waals surface area contributed by atoms with Gasteiger partial charge in [0.05, 0.1) is 12.1 Å². The number of benzene rings is 1. The Hall–Kier alpha value is -3.04. The van der Waals surface area contributed by atoms with Gasteiger partial charge < -0.3 is 19.7 Å². The highest BCUT2D eigenvalue weighted by molar-refractivity contribution is 5.77. The van der Waals surface area contributed by atoms with E-state index in [1.165, 1.54) is 24.9 Å². The minimum atomic E-state index is -4.46. The Kier molecular flexibility index (Phi) is 7.31. The number of nitrogens with zero attached hydrogens (tertiary/aromatic N) is 3. The first-order valence-electron chi connectivity index (χ1n) is 9.68. The Morgan fingerprint density at radius 1 is 1.10 bits per heavy atom. The Balaban J connectivity index is 1.38. The summed E-state index contributed by atoms with van der Waals surface area (Å²) in [6.45, 7) is 1.91. The highest BCUT2D eigenvalue weighted by atomic mass is 19.4. The van der Waals surface area contributed by atoms with Crippen LogP contribution in [-0.2, 0) is 11.0 Å². The van der Waals surface area contributed by atoms with Gasteiger partial charge in [0, 0.05) is 19.2 Å². The average Bonchev–Trinajstić information content (AvgIpc) is 2.76. The fraction of sp³-hybridized carbons (Fsp3) is 0.450. The quantitative estimate of drug-likeness (QED) is 0.657. The van der Waals surface area contributed by atoms with Crippen LogP contribution < -0.4 is 19.7 Å². The zero-order valence-electron chi connectivity index (χ0n) is 16.3. The van der Waals surface area contributed by atoms with Crippen molar-refractivity contribution in [2.75, 3.05) is 37.7 Å². The minimum absolute atomic E-state index is 0.0255. The molecule has 3 rings (SSSR count). The van der Waals surface area contributed by atoms with Crippen molar-refractivity contribution < 1.29 is 27.4 Å². The van der Waals surface area contributed by atoms with Crippen molar-refractivity contribution in [3.63, 3.8) is 0 Å². The van der Waals surface area contributed by atoms with Crippen molar-refractivity contribution >= 4 is 11.7 Å². The lowest BCUT2D eigenvalue weighted by Crippen LogP contribution is -2.32. The molecule has 1 fully saturated rings. The number of halogens is 3. The number of rotatable bonds is 8. The topological polar surface area (TPSA) is 76.6 Å². The van der Waals surface area contributed by atoms with Crippen molar-refractivity contribution in [2.24, 2.45) is 0 Å². The standard InChI is InChI=1S/C20H23F3N4O3/c21-20(22,23)15-5-4-6-16(11-15)30-13-18(28)24-7-10-29-19-12-17(25-14-26-19)27-8-2-1-3-9-27/h4-6,11-12,14H,1-3,7-10,13H2,(H,24,28). The number of carbonyl (C=O) groups is 1. The van der Waals surface area contributed by atoms with Crippen LogP contribution in [0.15, 0.2) is 36.7 Å². The van der Waals surface area contributed by atoms with E-state index in [1.54, 1.807) is 6.07 Å². The molecule has 0 atom stereocenters. The van der Waals surface area contributed by atoms with Crippen LogP contribution in [0.4, 0.5) is 19.0 Å². The molecule has 1 aliphatic heterocycles. The van der Waals surface area contributed by atoms with Gasteiger partial charge in [-0.1, -0.05) is 6.07 Å². The second-order valence-corrected chi connectivity index (χ2v) is 6.77. The molecule has 1 aliphatic rings. The summed E-state index contributed by atoms with van der Waals surface area (Å²) in [5.74, 6) is 0.744. The summed E-state index contributed by atoms with van der Waals surface area (Å²) in [5, 5.41) is 2.58. The number of nitrogens with one attached hydrogen (secondary N) is 1. The molecule has 1 aromatic carbocycles. The molecule has 1 saturated heterocycles. The van der Waals surface area contributed by atoms with Crippen molar-refractivity contribution in [3.05, 3.63) is 42.2 Å². The lowest BCUT2D eigenvalue weighted by atomic mass is 10.1. The summed E-state index contributed by atoms with van der Waals surface area (Å²) < 4.78 is 48.7. The van der Waals surface area contributed by atoms with Crippen LogP contribution in [0.3, 0.4) is 0 Å². The Morgan fingerprint density at radius 2 is 1.90 bits per heavy atom. The highest BCUT2D eigenvalue weighted by Gasteiger charge is 2.30. The molecule has 10 heteroatoms. The molecule has 0 spiro atoms. The number of ether oxygens (including phenoxy) is 2. The van der Waals surface area contributed by atoms with E-state index in [2.05, 4.69) is 20.2 Å². The molecular weight excluding hydrogens is 401 g/mol. The van der Waals surface area contributed by atoms with Crippen LogP contribution >= 0.6 is 0 Å². The Morgan fingerprint density at radius 3 is 2.67 bits per heavy atom. The summed E-state index contributed by atoms with van der Waals surface area (Å²) in [6, 6.07) is 6.15. The molecule has 7 nitrogen and oxygen atoms in total. The molecule has 1 aromatic heterocycles. The van der Waals surface area contributed by atoms with Crippen LogP contribution in [0, 0.1) is 0 Å². The average molecular weight is 424 g/mol. The normalized spacial score (nSPS) is 14.3. The van der Waals surface area contributed by atoms with Gasteiger partial charge in [-0.15, -0.1) is 0 Å². The van der Waals surface area contributed by atoms with Gasteiger partial charge in [-0.05, 0) is 37.5 Å². The molecule has 0 aliphatic carbocycles. The monoisotopic (exact) mass is 424 g/mol. The zero-order valence-corrected chi connectivity index (χ0v) is 16.3. The van der Waals surface area contributed by atoms with E-state index in [9.17, 15) is 18.0 Å². The van der Waals surface area contributed by atoms with Gasteiger partial charge in [0.15, 0.2) is 6.61 Å². The maximum absolute atomic E-state index is 12.7. The Bertz CT molecular complexity index is 842. The van der Waals surface area contributed by atoms with Gasteiger partial charge in [0.2, 0.25) is 5.88 Å². The second-order valence-electron chi connectivity index (χ2n) is 6.77. The number of alkyl halides is 3. The van der Waals surface area contributed by atoms with Crippen LogP contribution in [0.25, 0.3) is 0 Å². The van der Waals surface area contributed by atoms with Crippen LogP contribution in [0.2, 0.25) is 0 Å². The molecule has 2 heterocycles. The maximum Gasteiger partial charge on any atom is 0.416 e. The van der Waals surface area contributed by atoms with Gasteiger partial charge in [-0.3, -0.25) is 4.79 Å². The number of anilines is 1. The highest BCUT2D eigenvalue weighted by Crippen LogP contribution is 2.31. The first-order chi connectivity index (χ1) is 14.4. The van der Waals surface area contributed by atoms with Gasteiger partial charge >= 0.3 is 6.18 Å². The van der Waals surface area contributed by atoms with Crippen molar-refractivity contribution in [1.82, 2.24) is 15.3 Å². The third kappa shape index (κ3) is 6.50. The largest absolute Gasteiger partial charge is 0.484 e. The molecule has 162 valence electrons. The van der Waals surface area contributed by atoms with Crippen LogP contribution in [-0.4, -0.2) is 48.7 Å². The molecule has 0 unspecified atom stereocenters. The molecular formula is C20H23F3N4O3. The lowest BCUT2D eigenvalue weighted by molar-refractivity contribution is -0.137. The van der Waals surface area contributed by atoms with E-state index in [4.69, 9.17) is 9.47 Å².